The smallest absolute Gasteiger partial charge is 0.322 e. The summed E-state index contributed by atoms with van der Waals surface area (Å²) in [7, 11) is 0. The zero-order valence-electron chi connectivity index (χ0n) is 12.0. The second-order valence-corrected chi connectivity index (χ2v) is 9.18. The van der Waals surface area contributed by atoms with Crippen molar-refractivity contribution in [3.05, 3.63) is 35.9 Å². The van der Waals surface area contributed by atoms with Crippen LogP contribution in [0, 0.1) is 5.92 Å². The number of esters is 1. The molecule has 0 aliphatic carbocycles. The third kappa shape index (κ3) is 2.37. The SMILES string of the molecule is CC(C)(I)C(=O)OC1(c2ccccc2)C[NH+]2CCC1C2. The second-order valence-electron chi connectivity index (χ2n) is 6.48. The summed E-state index contributed by atoms with van der Waals surface area (Å²) in [6, 6.07) is 10.3. The molecule has 0 amide bonds. The van der Waals surface area contributed by atoms with Crippen LogP contribution in [-0.2, 0) is 15.1 Å². The first-order valence-electron chi connectivity index (χ1n) is 7.23. The van der Waals surface area contributed by atoms with Crippen molar-refractivity contribution in [2.75, 3.05) is 19.6 Å². The fraction of sp³-hybridized carbons (Fsp3) is 0.562. The number of alkyl halides is 1. The molecule has 108 valence electrons. The van der Waals surface area contributed by atoms with Crippen molar-refractivity contribution in [1.29, 1.82) is 0 Å². The molecule has 0 saturated carbocycles. The van der Waals surface area contributed by atoms with E-state index in [0.717, 1.165) is 25.1 Å². The van der Waals surface area contributed by atoms with Gasteiger partial charge in [-0.05, 0) is 13.8 Å². The number of ether oxygens (including phenoxy) is 1. The Kier molecular flexibility index (Phi) is 3.57. The molecular weight excluding hydrogens is 365 g/mol. The third-order valence-corrected chi connectivity index (χ3v) is 5.02. The van der Waals surface area contributed by atoms with Gasteiger partial charge >= 0.3 is 5.97 Å². The number of fused-ring (bicyclic) bond motifs is 2. The highest BCUT2D eigenvalue weighted by molar-refractivity contribution is 14.1. The van der Waals surface area contributed by atoms with Crippen LogP contribution in [-0.4, -0.2) is 29.0 Å². The minimum absolute atomic E-state index is 0.102. The molecule has 3 atom stereocenters. The average molecular weight is 386 g/mol. The predicted octanol–water partition coefficient (Wildman–Crippen LogP) is 1.56. The Morgan fingerprint density at radius 3 is 2.60 bits per heavy atom. The normalized spacial score (nSPS) is 32.4. The van der Waals surface area contributed by atoms with Crippen LogP contribution in [0.15, 0.2) is 30.3 Å². The first-order valence-corrected chi connectivity index (χ1v) is 8.31. The topological polar surface area (TPSA) is 30.7 Å². The zero-order chi connectivity index (χ0) is 14.4. The van der Waals surface area contributed by atoms with Gasteiger partial charge in [0.2, 0.25) is 0 Å². The van der Waals surface area contributed by atoms with Crippen LogP contribution in [0.2, 0.25) is 0 Å². The van der Waals surface area contributed by atoms with Crippen LogP contribution in [0.25, 0.3) is 0 Å². The first-order chi connectivity index (χ1) is 9.42. The summed E-state index contributed by atoms with van der Waals surface area (Å²) in [6.07, 6.45) is 1.15. The van der Waals surface area contributed by atoms with E-state index in [4.69, 9.17) is 4.74 Å². The first kappa shape index (κ1) is 14.3. The molecule has 0 aromatic heterocycles. The summed E-state index contributed by atoms with van der Waals surface area (Å²) < 4.78 is 5.64. The van der Waals surface area contributed by atoms with Gasteiger partial charge < -0.3 is 9.64 Å². The van der Waals surface area contributed by atoms with Crippen molar-refractivity contribution in [3.8, 4) is 0 Å². The monoisotopic (exact) mass is 386 g/mol. The highest BCUT2D eigenvalue weighted by atomic mass is 127. The summed E-state index contributed by atoms with van der Waals surface area (Å²) >= 11 is 2.16. The highest BCUT2D eigenvalue weighted by Gasteiger charge is 2.58. The van der Waals surface area contributed by atoms with Crippen molar-refractivity contribution in [2.45, 2.75) is 29.3 Å². The molecule has 2 aliphatic rings. The Balaban J connectivity index is 1.96. The summed E-state index contributed by atoms with van der Waals surface area (Å²) in [5.74, 6) is 0.359. The summed E-state index contributed by atoms with van der Waals surface area (Å²) in [5.41, 5.74) is 0.752. The number of quaternary nitrogens is 1. The molecule has 1 aromatic rings. The van der Waals surface area contributed by atoms with Crippen LogP contribution >= 0.6 is 22.6 Å². The van der Waals surface area contributed by atoms with Gasteiger partial charge in [-0.25, -0.2) is 0 Å². The lowest BCUT2D eigenvalue weighted by Gasteiger charge is -2.36. The van der Waals surface area contributed by atoms with Crippen LogP contribution in [0.3, 0.4) is 0 Å². The molecule has 2 heterocycles. The number of carbonyl (C=O) groups is 1. The number of hydrogen-bond acceptors (Lipinski definition) is 2. The zero-order valence-corrected chi connectivity index (χ0v) is 14.1. The van der Waals surface area contributed by atoms with Gasteiger partial charge in [0, 0.05) is 12.0 Å². The van der Waals surface area contributed by atoms with E-state index in [1.807, 2.05) is 32.0 Å². The van der Waals surface area contributed by atoms with Crippen molar-refractivity contribution in [1.82, 2.24) is 0 Å². The van der Waals surface area contributed by atoms with Crippen molar-refractivity contribution in [2.24, 2.45) is 5.92 Å². The quantitative estimate of drug-likeness (QED) is 0.486. The lowest BCUT2D eigenvalue weighted by Crippen LogP contribution is -3.09. The minimum Gasteiger partial charge on any atom is -0.447 e. The van der Waals surface area contributed by atoms with E-state index in [-0.39, 0.29) is 5.97 Å². The van der Waals surface area contributed by atoms with Gasteiger partial charge in [-0.15, -0.1) is 0 Å². The molecule has 2 saturated heterocycles. The maximum Gasteiger partial charge on any atom is 0.322 e. The lowest BCUT2D eigenvalue weighted by molar-refractivity contribution is -0.883. The van der Waals surface area contributed by atoms with E-state index in [9.17, 15) is 4.79 Å². The van der Waals surface area contributed by atoms with Gasteiger partial charge in [0.25, 0.3) is 0 Å². The molecule has 2 fully saturated rings. The van der Waals surface area contributed by atoms with E-state index >= 15 is 0 Å². The number of carbonyl (C=O) groups excluding carboxylic acids is 1. The van der Waals surface area contributed by atoms with E-state index < -0.39 is 9.02 Å². The second kappa shape index (κ2) is 4.98. The molecule has 20 heavy (non-hydrogen) atoms. The maximum atomic E-state index is 12.4. The Labute approximate surface area is 133 Å². The Bertz CT molecular complexity index is 511. The summed E-state index contributed by atoms with van der Waals surface area (Å²) in [6.45, 7) is 7.08. The molecule has 3 nitrogen and oxygen atoms in total. The summed E-state index contributed by atoms with van der Waals surface area (Å²) in [4.78, 5) is 14.0. The van der Waals surface area contributed by atoms with Gasteiger partial charge in [-0.2, -0.15) is 0 Å². The van der Waals surface area contributed by atoms with Crippen molar-refractivity contribution in [3.63, 3.8) is 0 Å². The van der Waals surface area contributed by atoms with E-state index in [2.05, 4.69) is 34.7 Å². The van der Waals surface area contributed by atoms with E-state index in [1.54, 1.807) is 4.90 Å². The standard InChI is InChI=1S/C16H20INO2/c1-15(2,17)14(19)20-16(12-6-4-3-5-7-12)11-18-9-8-13(16)10-18/h3-7,13H,8-11H2,1-2H3/p+1. The molecule has 0 spiro atoms. The van der Waals surface area contributed by atoms with Crippen LogP contribution in [0.1, 0.15) is 25.8 Å². The molecule has 4 heteroatoms. The largest absolute Gasteiger partial charge is 0.447 e. The fourth-order valence-corrected chi connectivity index (χ4v) is 3.64. The predicted molar refractivity (Wildman–Crippen MR) is 86.0 cm³/mol. The molecular formula is C16H21INO2+. The van der Waals surface area contributed by atoms with E-state index in [0.29, 0.717) is 5.92 Å². The molecule has 3 unspecified atom stereocenters. The number of piperidine rings is 1. The number of nitrogens with one attached hydrogen (secondary N) is 1. The molecule has 2 bridgehead atoms. The molecule has 0 radical (unpaired) electrons. The third-order valence-electron chi connectivity index (χ3n) is 4.58. The van der Waals surface area contributed by atoms with Gasteiger partial charge in [0.15, 0.2) is 5.60 Å². The van der Waals surface area contributed by atoms with Gasteiger partial charge in [0.1, 0.15) is 9.97 Å². The molecule has 1 N–H and O–H groups in total. The van der Waals surface area contributed by atoms with Crippen molar-refractivity contribution >= 4 is 28.6 Å². The average Bonchev–Trinajstić information content (AvgIpc) is 2.99. The molecule has 2 aliphatic heterocycles. The Hall–Kier alpha value is -0.620. The van der Waals surface area contributed by atoms with Crippen LogP contribution in [0.4, 0.5) is 0 Å². The number of rotatable bonds is 3. The Morgan fingerprint density at radius 1 is 1.40 bits per heavy atom. The number of halogens is 1. The Morgan fingerprint density at radius 2 is 2.10 bits per heavy atom. The van der Waals surface area contributed by atoms with Gasteiger partial charge in [-0.1, -0.05) is 52.9 Å². The molecule has 3 rings (SSSR count). The van der Waals surface area contributed by atoms with E-state index in [1.165, 1.54) is 6.54 Å². The van der Waals surface area contributed by atoms with Crippen molar-refractivity contribution < 1.29 is 14.4 Å². The summed E-state index contributed by atoms with van der Waals surface area (Å²) in [5, 5.41) is 0. The minimum atomic E-state index is -0.480. The van der Waals surface area contributed by atoms with Crippen LogP contribution < -0.4 is 4.90 Å². The fourth-order valence-electron chi connectivity index (χ4n) is 3.53. The number of hydrogen-bond donors (Lipinski definition) is 1. The maximum absolute atomic E-state index is 12.4. The van der Waals surface area contributed by atoms with Gasteiger partial charge in [-0.3, -0.25) is 4.79 Å². The number of benzene rings is 1. The van der Waals surface area contributed by atoms with Gasteiger partial charge in [0.05, 0.1) is 19.0 Å². The van der Waals surface area contributed by atoms with Crippen LogP contribution in [0.5, 0.6) is 0 Å². The lowest BCUT2D eigenvalue weighted by atomic mass is 9.81. The molecule has 1 aromatic carbocycles. The highest BCUT2D eigenvalue weighted by Crippen LogP contribution is 2.40.